The van der Waals surface area contributed by atoms with E-state index in [1.807, 2.05) is 6.20 Å². The molecule has 0 aliphatic heterocycles. The van der Waals surface area contributed by atoms with Crippen LogP contribution in [0.25, 0.3) is 0 Å². The van der Waals surface area contributed by atoms with Gasteiger partial charge in [0.2, 0.25) is 0 Å². The lowest BCUT2D eigenvalue weighted by atomic mass is 9.93. The molecule has 0 saturated heterocycles. The van der Waals surface area contributed by atoms with E-state index in [-0.39, 0.29) is 11.5 Å². The molecular formula is C18H29N7O. The van der Waals surface area contributed by atoms with E-state index >= 15 is 0 Å². The first-order chi connectivity index (χ1) is 12.7. The molecule has 2 aliphatic carbocycles. The van der Waals surface area contributed by atoms with E-state index in [1.165, 1.54) is 37.8 Å². The summed E-state index contributed by atoms with van der Waals surface area (Å²) in [5, 5.41) is 35.4. The number of aliphatic hydroxyl groups is 1. The minimum atomic E-state index is -0.166. The van der Waals surface area contributed by atoms with Gasteiger partial charge in [0.15, 0.2) is 5.82 Å². The second-order valence-corrected chi connectivity index (χ2v) is 8.33. The van der Waals surface area contributed by atoms with Gasteiger partial charge in [-0.1, -0.05) is 30.9 Å². The molecule has 1 unspecified atom stereocenters. The van der Waals surface area contributed by atoms with Crippen molar-refractivity contribution in [2.24, 2.45) is 0 Å². The largest absolute Gasteiger partial charge is 0.393 e. The van der Waals surface area contributed by atoms with Crippen molar-refractivity contribution >= 4 is 0 Å². The quantitative estimate of drug-likeness (QED) is 0.502. The van der Waals surface area contributed by atoms with Crippen molar-refractivity contribution in [3.63, 3.8) is 0 Å². The van der Waals surface area contributed by atoms with E-state index in [2.05, 4.69) is 36.0 Å². The normalized spacial score (nSPS) is 20.8. The van der Waals surface area contributed by atoms with Gasteiger partial charge in [0, 0.05) is 10.8 Å². The van der Waals surface area contributed by atoms with Crippen molar-refractivity contribution in [3.8, 4) is 0 Å². The summed E-state index contributed by atoms with van der Waals surface area (Å²) in [4.78, 5) is 0. The van der Waals surface area contributed by atoms with Crippen molar-refractivity contribution < 1.29 is 5.11 Å². The molecule has 2 heterocycles. The van der Waals surface area contributed by atoms with Crippen LogP contribution in [0.4, 0.5) is 0 Å². The van der Waals surface area contributed by atoms with Gasteiger partial charge >= 0.3 is 0 Å². The van der Waals surface area contributed by atoms with E-state index in [1.54, 1.807) is 0 Å². The van der Waals surface area contributed by atoms with Crippen LogP contribution in [0.5, 0.6) is 0 Å². The summed E-state index contributed by atoms with van der Waals surface area (Å²) in [6.07, 6.45) is 15.1. The van der Waals surface area contributed by atoms with Crippen LogP contribution in [0.3, 0.4) is 0 Å². The van der Waals surface area contributed by atoms with E-state index in [0.29, 0.717) is 5.41 Å². The highest BCUT2D eigenvalue weighted by molar-refractivity contribution is 5.20. The third-order valence-corrected chi connectivity index (χ3v) is 6.43. The average Bonchev–Trinajstić information content (AvgIpc) is 3.45. The molecule has 1 atom stereocenters. The number of hydrogen-bond acceptors (Lipinski definition) is 6. The molecule has 2 aromatic rings. The molecule has 3 N–H and O–H groups in total. The molecule has 0 spiro atoms. The minimum Gasteiger partial charge on any atom is -0.393 e. The number of H-pyrrole nitrogens is 2. The van der Waals surface area contributed by atoms with Crippen LogP contribution in [0, 0.1) is 0 Å². The highest BCUT2D eigenvalue weighted by Gasteiger charge is 2.46. The Hall–Kier alpha value is -1.83. The zero-order valence-corrected chi connectivity index (χ0v) is 15.3. The van der Waals surface area contributed by atoms with E-state index in [0.717, 1.165) is 50.8 Å². The fourth-order valence-electron chi connectivity index (χ4n) is 4.23. The average molecular weight is 359 g/mol. The molecule has 2 saturated carbocycles. The first-order valence-electron chi connectivity index (χ1n) is 10.0. The molecule has 0 aromatic carbocycles. The van der Waals surface area contributed by atoms with E-state index in [4.69, 9.17) is 0 Å². The predicted octanol–water partition coefficient (Wildman–Crippen LogP) is 2.56. The molecular weight excluding hydrogens is 330 g/mol. The van der Waals surface area contributed by atoms with Gasteiger partial charge in [0.05, 0.1) is 18.0 Å². The maximum Gasteiger partial charge on any atom is 0.154 e. The van der Waals surface area contributed by atoms with Gasteiger partial charge in [-0.25, -0.2) is 5.10 Å². The Morgan fingerprint density at radius 3 is 2.15 bits per heavy atom. The van der Waals surface area contributed by atoms with Crippen molar-refractivity contribution in [2.45, 2.75) is 94.0 Å². The Bertz CT molecular complexity index is 604. The Morgan fingerprint density at radius 2 is 1.62 bits per heavy atom. The van der Waals surface area contributed by atoms with Crippen LogP contribution in [0.1, 0.15) is 88.6 Å². The summed E-state index contributed by atoms with van der Waals surface area (Å²) < 4.78 is 0. The third-order valence-electron chi connectivity index (χ3n) is 6.43. The van der Waals surface area contributed by atoms with Gasteiger partial charge in [-0.05, 0) is 61.8 Å². The summed E-state index contributed by atoms with van der Waals surface area (Å²) in [6.45, 7) is 0. The SMILES string of the molecule is OC(CCCCC1(c2cnn[nH]2)CC1)CCCCC1(c2nnn[nH]2)CC1. The molecule has 2 fully saturated rings. The molecule has 8 heteroatoms. The number of hydrogen-bond donors (Lipinski definition) is 3. The van der Waals surface area contributed by atoms with E-state index in [9.17, 15) is 5.11 Å². The number of nitrogens with one attached hydrogen (secondary N) is 2. The lowest BCUT2D eigenvalue weighted by Crippen LogP contribution is -2.11. The smallest absolute Gasteiger partial charge is 0.154 e. The molecule has 8 nitrogen and oxygen atoms in total. The Labute approximate surface area is 153 Å². The number of nitrogens with zero attached hydrogens (tertiary/aromatic N) is 5. The molecule has 2 aromatic heterocycles. The standard InChI is InChI=1S/C18H29N7O/c26-14(5-1-3-7-17(9-10-17)15-13-19-23-20-15)6-2-4-8-18(11-12-18)16-21-24-25-22-16/h13-14,26H,1-12H2,(H,19,20,23)(H,21,22,24,25). The second kappa shape index (κ2) is 7.42. The van der Waals surface area contributed by atoms with Crippen molar-refractivity contribution in [2.75, 3.05) is 0 Å². The van der Waals surface area contributed by atoms with Gasteiger partial charge in [-0.3, -0.25) is 5.10 Å². The number of aliphatic hydroxyl groups excluding tert-OH is 1. The third kappa shape index (κ3) is 3.95. The first-order valence-corrected chi connectivity index (χ1v) is 10.0. The molecule has 26 heavy (non-hydrogen) atoms. The molecule has 4 rings (SSSR count). The molecule has 0 radical (unpaired) electrons. The summed E-state index contributed by atoms with van der Waals surface area (Å²) in [7, 11) is 0. The van der Waals surface area contributed by atoms with Crippen LogP contribution in [0.2, 0.25) is 0 Å². The molecule has 0 amide bonds. The molecule has 142 valence electrons. The topological polar surface area (TPSA) is 116 Å². The Morgan fingerprint density at radius 1 is 0.923 bits per heavy atom. The van der Waals surface area contributed by atoms with Crippen LogP contribution in [-0.2, 0) is 10.8 Å². The van der Waals surface area contributed by atoms with E-state index < -0.39 is 0 Å². The maximum absolute atomic E-state index is 10.2. The Balaban J connectivity index is 1.07. The fourth-order valence-corrected chi connectivity index (χ4v) is 4.23. The molecule has 2 aliphatic rings. The summed E-state index contributed by atoms with van der Waals surface area (Å²) in [5.41, 5.74) is 1.70. The number of aromatic nitrogens is 7. The minimum absolute atomic E-state index is 0.166. The highest BCUT2D eigenvalue weighted by atomic mass is 16.3. The van der Waals surface area contributed by atoms with Crippen molar-refractivity contribution in [1.29, 1.82) is 0 Å². The van der Waals surface area contributed by atoms with Crippen LogP contribution >= 0.6 is 0 Å². The van der Waals surface area contributed by atoms with Gasteiger partial charge < -0.3 is 5.11 Å². The number of tetrazole rings is 1. The summed E-state index contributed by atoms with van der Waals surface area (Å²) >= 11 is 0. The number of unbranched alkanes of at least 4 members (excludes halogenated alkanes) is 2. The first kappa shape index (κ1) is 17.6. The Kier molecular flexibility index (Phi) is 5.02. The summed E-state index contributed by atoms with van der Waals surface area (Å²) in [5.74, 6) is 0.944. The van der Waals surface area contributed by atoms with Gasteiger partial charge in [-0.2, -0.15) is 0 Å². The lowest BCUT2D eigenvalue weighted by Gasteiger charge is -2.15. The number of rotatable bonds is 12. The lowest BCUT2D eigenvalue weighted by molar-refractivity contribution is 0.146. The van der Waals surface area contributed by atoms with Gasteiger partial charge in [0.25, 0.3) is 0 Å². The highest BCUT2D eigenvalue weighted by Crippen LogP contribution is 2.51. The van der Waals surface area contributed by atoms with Crippen LogP contribution in [0.15, 0.2) is 6.20 Å². The monoisotopic (exact) mass is 359 g/mol. The second-order valence-electron chi connectivity index (χ2n) is 8.33. The summed E-state index contributed by atoms with van der Waals surface area (Å²) in [6, 6.07) is 0. The molecule has 0 bridgehead atoms. The zero-order chi connectivity index (χ0) is 17.9. The van der Waals surface area contributed by atoms with Crippen LogP contribution in [-0.4, -0.2) is 47.2 Å². The van der Waals surface area contributed by atoms with Gasteiger partial charge in [-0.15, -0.1) is 10.2 Å². The number of aromatic amines is 2. The van der Waals surface area contributed by atoms with Crippen molar-refractivity contribution in [3.05, 3.63) is 17.7 Å². The predicted molar refractivity (Wildman–Crippen MR) is 95.3 cm³/mol. The fraction of sp³-hybridized carbons (Fsp3) is 0.833. The zero-order valence-electron chi connectivity index (χ0n) is 15.3. The van der Waals surface area contributed by atoms with Gasteiger partial charge in [0.1, 0.15) is 0 Å². The van der Waals surface area contributed by atoms with Crippen molar-refractivity contribution in [1.82, 2.24) is 36.0 Å². The maximum atomic E-state index is 10.2. The van der Waals surface area contributed by atoms with Crippen LogP contribution < -0.4 is 0 Å².